The molecule has 1 aliphatic carbocycles. The van der Waals surface area contributed by atoms with Crippen LogP contribution < -0.4 is 0 Å². The molecule has 4 heterocycles. The van der Waals surface area contributed by atoms with E-state index < -0.39 is 0 Å². The van der Waals surface area contributed by atoms with Crippen molar-refractivity contribution in [2.24, 2.45) is 0 Å². The number of fused-ring (bicyclic) bond motifs is 13. The summed E-state index contributed by atoms with van der Waals surface area (Å²) < 4.78 is 7.25. The first kappa shape index (κ1) is 36.5. The average Bonchev–Trinajstić information content (AvgIpc) is 3.97. The minimum absolute atomic E-state index is 0.0277. The van der Waals surface area contributed by atoms with E-state index in [1.807, 2.05) is 17.4 Å². The van der Waals surface area contributed by atoms with Crippen molar-refractivity contribution < 1.29 is 0 Å². The van der Waals surface area contributed by atoms with E-state index in [0.717, 1.165) is 46.2 Å². The Morgan fingerprint density at radius 3 is 1.95 bits per heavy atom. The second-order valence-corrected chi connectivity index (χ2v) is 19.7. The lowest BCUT2D eigenvalue weighted by Gasteiger charge is -2.42. The molecule has 0 spiro atoms. The van der Waals surface area contributed by atoms with Crippen molar-refractivity contribution in [1.82, 2.24) is 24.1 Å². The molecule has 6 heteroatoms. The molecule has 5 nitrogen and oxygen atoms in total. The molecule has 12 aromatic rings. The zero-order chi connectivity index (χ0) is 42.2. The summed E-state index contributed by atoms with van der Waals surface area (Å²) in [6, 6.07) is 59.4. The number of aromatic nitrogens is 5. The van der Waals surface area contributed by atoms with Crippen LogP contribution in [0.5, 0.6) is 0 Å². The van der Waals surface area contributed by atoms with E-state index in [0.29, 0.717) is 17.6 Å². The third kappa shape index (κ3) is 5.31. The Morgan fingerprint density at radius 1 is 0.460 bits per heavy atom. The van der Waals surface area contributed by atoms with Crippen LogP contribution in [0.25, 0.3) is 109 Å². The summed E-state index contributed by atoms with van der Waals surface area (Å²) in [4.78, 5) is 16.3. The molecule has 0 saturated carbocycles. The molecule has 4 aromatic heterocycles. The van der Waals surface area contributed by atoms with Gasteiger partial charge in [0.1, 0.15) is 0 Å². The number of hydrogen-bond acceptors (Lipinski definition) is 4. The highest BCUT2D eigenvalue weighted by atomic mass is 32.1. The summed E-state index contributed by atoms with van der Waals surface area (Å²) in [5, 5.41) is 9.89. The van der Waals surface area contributed by atoms with E-state index >= 15 is 0 Å². The number of hydrogen-bond donors (Lipinski definition) is 0. The molecule has 0 amide bonds. The van der Waals surface area contributed by atoms with Gasteiger partial charge in [0.25, 0.3) is 0 Å². The van der Waals surface area contributed by atoms with Gasteiger partial charge in [0.2, 0.25) is 5.95 Å². The number of para-hydroxylation sites is 1. The van der Waals surface area contributed by atoms with Gasteiger partial charge in [-0.3, -0.25) is 4.57 Å². The van der Waals surface area contributed by atoms with Crippen LogP contribution in [0.1, 0.15) is 51.7 Å². The monoisotopic (exact) mass is 829 g/mol. The van der Waals surface area contributed by atoms with Gasteiger partial charge in [-0.1, -0.05) is 143 Å². The van der Waals surface area contributed by atoms with Crippen molar-refractivity contribution in [1.29, 1.82) is 0 Å². The molecule has 0 aliphatic heterocycles. The number of rotatable bonds is 4. The Morgan fingerprint density at radius 2 is 1.11 bits per heavy atom. The maximum atomic E-state index is 5.57. The van der Waals surface area contributed by atoms with E-state index in [1.165, 1.54) is 69.1 Å². The average molecular weight is 830 g/mol. The number of benzene rings is 8. The maximum Gasteiger partial charge on any atom is 0.238 e. The van der Waals surface area contributed by atoms with Gasteiger partial charge in [0.15, 0.2) is 11.6 Å². The van der Waals surface area contributed by atoms with Gasteiger partial charge >= 0.3 is 0 Å². The van der Waals surface area contributed by atoms with Gasteiger partial charge in [-0.25, -0.2) is 4.98 Å². The van der Waals surface area contributed by atoms with Crippen LogP contribution in [-0.2, 0) is 10.8 Å². The van der Waals surface area contributed by atoms with Crippen LogP contribution in [-0.4, -0.2) is 24.1 Å². The normalized spacial score (nSPS) is 14.8. The minimum atomic E-state index is -0.0573. The first-order valence-corrected chi connectivity index (χ1v) is 22.8. The van der Waals surface area contributed by atoms with E-state index in [9.17, 15) is 0 Å². The molecule has 0 bridgehead atoms. The van der Waals surface area contributed by atoms with Crippen molar-refractivity contribution in [2.45, 2.75) is 51.4 Å². The minimum Gasteiger partial charge on any atom is -0.309 e. The maximum absolute atomic E-state index is 5.57. The third-order valence-corrected chi connectivity index (χ3v) is 15.1. The first-order valence-electron chi connectivity index (χ1n) is 22.0. The molecule has 0 fully saturated rings. The van der Waals surface area contributed by atoms with Crippen LogP contribution >= 0.6 is 11.3 Å². The molecule has 8 aromatic carbocycles. The molecule has 0 saturated heterocycles. The Bertz CT molecular complexity index is 3850. The Labute approximate surface area is 368 Å². The van der Waals surface area contributed by atoms with Crippen LogP contribution in [0, 0.1) is 0 Å². The fraction of sp³-hybridized carbons (Fsp3) is 0.140. The zero-order valence-corrected chi connectivity index (χ0v) is 36.5. The van der Waals surface area contributed by atoms with Gasteiger partial charge in [0, 0.05) is 58.5 Å². The number of thiophene rings is 1. The zero-order valence-electron chi connectivity index (χ0n) is 35.6. The molecule has 63 heavy (non-hydrogen) atoms. The van der Waals surface area contributed by atoms with E-state index in [1.54, 1.807) is 0 Å². The van der Waals surface area contributed by atoms with E-state index in [4.69, 9.17) is 15.0 Å². The van der Waals surface area contributed by atoms with Crippen molar-refractivity contribution in [3.8, 4) is 34.4 Å². The SMILES string of the molecule is CC1(C)CCC(C)(C)c2c1ccc1c2c2cc3c4c5ccccc5ccc4n(-c4ccccc4)c3cc2n1-c1nc(-c2ccccc2)nc(-c2cccc3sc4ccccc4c23)n1. The van der Waals surface area contributed by atoms with Gasteiger partial charge in [-0.05, 0) is 94.1 Å². The van der Waals surface area contributed by atoms with Crippen LogP contribution in [0.15, 0.2) is 164 Å². The topological polar surface area (TPSA) is 48.5 Å². The molecular weight excluding hydrogens is 787 g/mol. The molecule has 1 aliphatic rings. The highest BCUT2D eigenvalue weighted by Crippen LogP contribution is 2.52. The van der Waals surface area contributed by atoms with Crippen molar-refractivity contribution in [3.63, 3.8) is 0 Å². The highest BCUT2D eigenvalue weighted by Gasteiger charge is 2.39. The van der Waals surface area contributed by atoms with Crippen molar-refractivity contribution in [3.05, 3.63) is 175 Å². The summed E-state index contributed by atoms with van der Waals surface area (Å²) in [7, 11) is 0. The molecule has 0 unspecified atom stereocenters. The van der Waals surface area contributed by atoms with Crippen LogP contribution in [0.4, 0.5) is 0 Å². The third-order valence-electron chi connectivity index (χ3n) is 14.0. The molecule has 0 atom stereocenters. The fourth-order valence-corrected chi connectivity index (χ4v) is 12.0. The fourth-order valence-electron chi connectivity index (χ4n) is 10.9. The van der Waals surface area contributed by atoms with Gasteiger partial charge in [-0.2, -0.15) is 9.97 Å². The summed E-state index contributed by atoms with van der Waals surface area (Å²) in [6.45, 7) is 9.72. The summed E-state index contributed by atoms with van der Waals surface area (Å²) in [6.07, 6.45) is 2.24. The smallest absolute Gasteiger partial charge is 0.238 e. The predicted molar refractivity (Wildman–Crippen MR) is 265 cm³/mol. The lowest BCUT2D eigenvalue weighted by atomic mass is 9.62. The van der Waals surface area contributed by atoms with Crippen LogP contribution in [0.3, 0.4) is 0 Å². The molecule has 0 N–H and O–H groups in total. The number of nitrogens with zero attached hydrogens (tertiary/aromatic N) is 5. The molecular formula is C57H43N5S. The molecule has 0 radical (unpaired) electrons. The molecule has 302 valence electrons. The highest BCUT2D eigenvalue weighted by molar-refractivity contribution is 7.25. The molecule has 13 rings (SSSR count). The summed E-state index contributed by atoms with van der Waals surface area (Å²) in [5.74, 6) is 1.91. The van der Waals surface area contributed by atoms with Crippen molar-refractivity contribution in [2.75, 3.05) is 0 Å². The van der Waals surface area contributed by atoms with E-state index in [-0.39, 0.29) is 10.8 Å². The summed E-state index contributed by atoms with van der Waals surface area (Å²) >= 11 is 1.81. The second-order valence-electron chi connectivity index (χ2n) is 18.6. The predicted octanol–water partition coefficient (Wildman–Crippen LogP) is 15.3. The van der Waals surface area contributed by atoms with Crippen LogP contribution in [0.2, 0.25) is 0 Å². The Kier molecular flexibility index (Phi) is 7.64. The standard InChI is InChI=1S/C57H43N5S/c1-56(2)30-31-57(3,4)52-42(56)27-29-44-51(52)41-32-40-45(61(36-19-9-6-10-20-36)43-28-26-34-16-11-12-21-37(34)49(40)43)33-46(41)62(44)55-59-53(35-17-7-5-8-18-35)58-54(60-55)39-23-15-25-48-50(39)38-22-13-14-24-47(38)63-48/h5-29,32-33H,30-31H2,1-4H3. The van der Waals surface area contributed by atoms with Gasteiger partial charge in [0.05, 0.1) is 22.1 Å². The van der Waals surface area contributed by atoms with E-state index in [2.05, 4.69) is 195 Å². The second kappa shape index (κ2) is 13.2. The van der Waals surface area contributed by atoms with Gasteiger partial charge < -0.3 is 4.57 Å². The summed E-state index contributed by atoms with van der Waals surface area (Å²) in [5.41, 5.74) is 10.4. The lowest BCUT2D eigenvalue weighted by molar-refractivity contribution is 0.334. The Balaban J connectivity index is 1.22. The Hall–Kier alpha value is -7.15. The lowest BCUT2D eigenvalue weighted by Crippen LogP contribution is -2.34. The quantitative estimate of drug-likeness (QED) is 0.178. The van der Waals surface area contributed by atoms with Crippen molar-refractivity contribution >= 4 is 85.9 Å². The van der Waals surface area contributed by atoms with Gasteiger partial charge in [-0.15, -0.1) is 11.3 Å². The largest absolute Gasteiger partial charge is 0.309 e. The first-order chi connectivity index (χ1) is 30.7.